The fourth-order valence-electron chi connectivity index (χ4n) is 8.58. The third kappa shape index (κ3) is 5.80. The molecule has 0 saturated carbocycles. The first-order valence-corrected chi connectivity index (χ1v) is 19.7. The third-order valence-corrected chi connectivity index (χ3v) is 11.3. The van der Waals surface area contributed by atoms with E-state index in [2.05, 4.69) is 182 Å². The molecule has 11 rings (SSSR count). The van der Waals surface area contributed by atoms with E-state index in [0.29, 0.717) is 17.5 Å². The summed E-state index contributed by atoms with van der Waals surface area (Å²) < 4.78 is 0. The third-order valence-electron chi connectivity index (χ3n) is 11.3. The summed E-state index contributed by atoms with van der Waals surface area (Å²) in [6, 6.07) is 75.4. The van der Waals surface area contributed by atoms with Crippen LogP contribution in [0.3, 0.4) is 0 Å². The van der Waals surface area contributed by atoms with Gasteiger partial charge in [0.2, 0.25) is 0 Å². The van der Waals surface area contributed by atoms with Crippen LogP contribution < -0.4 is 0 Å². The minimum atomic E-state index is 0.643. The minimum Gasteiger partial charge on any atom is -0.208 e. The largest absolute Gasteiger partial charge is 0.208 e. The molecule has 0 fully saturated rings. The van der Waals surface area contributed by atoms with Gasteiger partial charge in [-0.05, 0) is 76.5 Å². The smallest absolute Gasteiger partial charge is 0.164 e. The first-order chi connectivity index (χ1) is 28.8. The van der Waals surface area contributed by atoms with E-state index in [1.807, 2.05) is 30.3 Å². The van der Waals surface area contributed by atoms with Crippen LogP contribution in [-0.4, -0.2) is 15.0 Å². The molecule has 270 valence electrons. The van der Waals surface area contributed by atoms with Gasteiger partial charge in [-0.2, -0.15) is 0 Å². The van der Waals surface area contributed by atoms with Gasteiger partial charge in [-0.15, -0.1) is 0 Å². The Kier molecular flexibility index (Phi) is 8.15. The summed E-state index contributed by atoms with van der Waals surface area (Å²) in [6.07, 6.45) is 0. The van der Waals surface area contributed by atoms with Gasteiger partial charge in [-0.25, -0.2) is 15.0 Å². The molecule has 0 spiro atoms. The number of nitrogens with zero attached hydrogens (tertiary/aromatic N) is 3. The number of rotatable bonds is 6. The summed E-state index contributed by atoms with van der Waals surface area (Å²) in [5.41, 5.74) is 10.1. The van der Waals surface area contributed by atoms with E-state index >= 15 is 0 Å². The number of hydrogen-bond acceptors (Lipinski definition) is 3. The average molecular weight is 738 g/mol. The average Bonchev–Trinajstić information content (AvgIpc) is 3.30. The molecule has 3 nitrogen and oxygen atoms in total. The van der Waals surface area contributed by atoms with E-state index in [-0.39, 0.29) is 0 Å². The second-order valence-electron chi connectivity index (χ2n) is 14.7. The molecule has 0 unspecified atom stereocenters. The second kappa shape index (κ2) is 14.1. The van der Waals surface area contributed by atoms with Crippen LogP contribution in [0.4, 0.5) is 0 Å². The Hall–Kier alpha value is -7.75. The van der Waals surface area contributed by atoms with Gasteiger partial charge in [0.05, 0.1) is 0 Å². The van der Waals surface area contributed by atoms with Crippen molar-refractivity contribution in [3.8, 4) is 67.5 Å². The molecule has 1 heterocycles. The highest BCUT2D eigenvalue weighted by Gasteiger charge is 2.18. The topological polar surface area (TPSA) is 38.7 Å². The van der Waals surface area contributed by atoms with Gasteiger partial charge in [0.1, 0.15) is 0 Å². The summed E-state index contributed by atoms with van der Waals surface area (Å²) in [4.78, 5) is 15.1. The highest BCUT2D eigenvalue weighted by molar-refractivity contribution is 6.23. The summed E-state index contributed by atoms with van der Waals surface area (Å²) in [5.74, 6) is 1.95. The van der Waals surface area contributed by atoms with Crippen LogP contribution in [-0.2, 0) is 0 Å². The standard InChI is InChI=1S/C55H35N3/c1-2-16-41(17-3-1)53-56-54(58-55(57-53)50-27-13-19-39-15-5-7-21-44(39)50)42-34-30-37(31-35-42)36-28-32-40(33-29-36)51-46-22-8-10-24-48(46)52(49-25-11-9-23-47(49)51)45-26-12-18-38-14-4-6-20-43(38)45/h1-35H. The van der Waals surface area contributed by atoms with Crippen LogP contribution in [0.1, 0.15) is 0 Å². The summed E-state index contributed by atoms with van der Waals surface area (Å²) >= 11 is 0. The van der Waals surface area contributed by atoms with E-state index in [1.54, 1.807) is 0 Å². The maximum absolute atomic E-state index is 5.06. The Morgan fingerprint density at radius 1 is 0.207 bits per heavy atom. The molecule has 0 amide bonds. The van der Waals surface area contributed by atoms with Gasteiger partial charge < -0.3 is 0 Å². The molecule has 3 heteroatoms. The number of fused-ring (bicyclic) bond motifs is 4. The molecular formula is C55H35N3. The van der Waals surface area contributed by atoms with Crippen molar-refractivity contribution in [2.45, 2.75) is 0 Å². The lowest BCUT2D eigenvalue weighted by atomic mass is 9.84. The fourth-order valence-corrected chi connectivity index (χ4v) is 8.58. The Labute approximate surface area is 336 Å². The molecule has 0 saturated heterocycles. The van der Waals surface area contributed by atoms with Crippen LogP contribution in [0.15, 0.2) is 212 Å². The van der Waals surface area contributed by atoms with Crippen molar-refractivity contribution < 1.29 is 0 Å². The maximum Gasteiger partial charge on any atom is 0.164 e. The molecule has 0 N–H and O–H groups in total. The molecule has 11 aromatic rings. The summed E-state index contributed by atoms with van der Waals surface area (Å²) in [6.45, 7) is 0. The van der Waals surface area contributed by atoms with Crippen molar-refractivity contribution in [1.82, 2.24) is 15.0 Å². The SMILES string of the molecule is c1ccc(-c2nc(-c3ccc(-c4ccc(-c5c6ccccc6c(-c6cccc7ccccc67)c6ccccc56)cc4)cc3)nc(-c3cccc4ccccc34)n2)cc1. The van der Waals surface area contributed by atoms with Crippen LogP contribution in [0.5, 0.6) is 0 Å². The van der Waals surface area contributed by atoms with E-state index in [1.165, 1.54) is 54.6 Å². The maximum atomic E-state index is 5.06. The molecule has 0 aliphatic carbocycles. The van der Waals surface area contributed by atoms with Crippen molar-refractivity contribution in [3.05, 3.63) is 212 Å². The molecule has 0 radical (unpaired) electrons. The summed E-state index contributed by atoms with van der Waals surface area (Å²) in [7, 11) is 0. The van der Waals surface area contributed by atoms with Gasteiger partial charge in [0.25, 0.3) is 0 Å². The predicted molar refractivity (Wildman–Crippen MR) is 242 cm³/mol. The Morgan fingerprint density at radius 3 is 1.12 bits per heavy atom. The van der Waals surface area contributed by atoms with Crippen LogP contribution >= 0.6 is 0 Å². The number of hydrogen-bond donors (Lipinski definition) is 0. The zero-order valence-corrected chi connectivity index (χ0v) is 31.5. The van der Waals surface area contributed by atoms with Gasteiger partial charge in [0, 0.05) is 16.7 Å². The molecule has 0 atom stereocenters. The first-order valence-electron chi connectivity index (χ1n) is 19.7. The minimum absolute atomic E-state index is 0.643. The van der Waals surface area contributed by atoms with Crippen molar-refractivity contribution in [3.63, 3.8) is 0 Å². The molecule has 0 bridgehead atoms. The Balaban J connectivity index is 0.982. The molecule has 10 aromatic carbocycles. The van der Waals surface area contributed by atoms with Gasteiger partial charge in [-0.1, -0.05) is 212 Å². The lowest BCUT2D eigenvalue weighted by Gasteiger charge is -2.19. The highest BCUT2D eigenvalue weighted by Crippen LogP contribution is 2.45. The molecule has 0 aliphatic rings. The lowest BCUT2D eigenvalue weighted by Crippen LogP contribution is -2.00. The van der Waals surface area contributed by atoms with E-state index in [4.69, 9.17) is 15.0 Å². The van der Waals surface area contributed by atoms with E-state index in [0.717, 1.165) is 38.6 Å². The van der Waals surface area contributed by atoms with E-state index in [9.17, 15) is 0 Å². The van der Waals surface area contributed by atoms with Crippen molar-refractivity contribution in [2.24, 2.45) is 0 Å². The predicted octanol–water partition coefficient (Wildman–Crippen LogP) is 14.5. The first kappa shape index (κ1) is 33.6. The van der Waals surface area contributed by atoms with Crippen molar-refractivity contribution in [2.75, 3.05) is 0 Å². The number of benzene rings is 10. The zero-order valence-electron chi connectivity index (χ0n) is 31.5. The van der Waals surface area contributed by atoms with Crippen LogP contribution in [0, 0.1) is 0 Å². The Morgan fingerprint density at radius 2 is 0.569 bits per heavy atom. The van der Waals surface area contributed by atoms with Gasteiger partial charge in [-0.3, -0.25) is 0 Å². The molecule has 1 aromatic heterocycles. The molecule has 58 heavy (non-hydrogen) atoms. The molecular weight excluding hydrogens is 703 g/mol. The highest BCUT2D eigenvalue weighted by atomic mass is 15.0. The van der Waals surface area contributed by atoms with Crippen LogP contribution in [0.25, 0.3) is 111 Å². The van der Waals surface area contributed by atoms with Crippen molar-refractivity contribution in [1.29, 1.82) is 0 Å². The zero-order chi connectivity index (χ0) is 38.4. The normalized spacial score (nSPS) is 11.4. The van der Waals surface area contributed by atoms with E-state index < -0.39 is 0 Å². The monoisotopic (exact) mass is 737 g/mol. The van der Waals surface area contributed by atoms with Gasteiger partial charge >= 0.3 is 0 Å². The second-order valence-corrected chi connectivity index (χ2v) is 14.7. The van der Waals surface area contributed by atoms with Gasteiger partial charge in [0.15, 0.2) is 17.5 Å². The van der Waals surface area contributed by atoms with Crippen molar-refractivity contribution >= 4 is 43.1 Å². The lowest BCUT2D eigenvalue weighted by molar-refractivity contribution is 1.08. The van der Waals surface area contributed by atoms with Crippen LogP contribution in [0.2, 0.25) is 0 Å². The Bertz CT molecular complexity index is 3250. The fraction of sp³-hybridized carbons (Fsp3) is 0. The molecule has 0 aliphatic heterocycles. The number of aromatic nitrogens is 3. The quantitative estimate of drug-likeness (QED) is 0.160. The summed E-state index contributed by atoms with van der Waals surface area (Å²) in [5, 5.41) is 9.78.